The Hall–Kier alpha value is -1.71. The predicted octanol–water partition coefficient (Wildman–Crippen LogP) is 4.14. The van der Waals surface area contributed by atoms with Crippen LogP contribution >= 0.6 is 11.6 Å². The standard InChI is InChI=1S/C17H20ClNO2/c1-10(2)16-12(5-4-6-15(16)21-3)17(20)13-9-11(18)7-8-14(13)19/h4-10,17,20H,19H2,1-3H3. The van der Waals surface area contributed by atoms with E-state index in [4.69, 9.17) is 22.1 Å². The fourth-order valence-corrected chi connectivity index (χ4v) is 2.73. The van der Waals surface area contributed by atoms with Gasteiger partial charge in [0.1, 0.15) is 11.9 Å². The molecule has 4 heteroatoms. The number of anilines is 1. The van der Waals surface area contributed by atoms with Crippen molar-refractivity contribution in [1.82, 2.24) is 0 Å². The van der Waals surface area contributed by atoms with Crippen molar-refractivity contribution in [3.63, 3.8) is 0 Å². The van der Waals surface area contributed by atoms with E-state index >= 15 is 0 Å². The molecule has 0 aliphatic heterocycles. The zero-order valence-electron chi connectivity index (χ0n) is 12.4. The Bertz CT molecular complexity index is 641. The van der Waals surface area contributed by atoms with Gasteiger partial charge in [0, 0.05) is 21.8 Å². The van der Waals surface area contributed by atoms with Crippen LogP contribution in [0.1, 0.15) is 42.6 Å². The van der Waals surface area contributed by atoms with E-state index in [2.05, 4.69) is 13.8 Å². The molecule has 1 unspecified atom stereocenters. The van der Waals surface area contributed by atoms with E-state index in [1.54, 1.807) is 25.3 Å². The lowest BCUT2D eigenvalue weighted by molar-refractivity contribution is 0.218. The maximum atomic E-state index is 10.8. The average Bonchev–Trinajstić information content (AvgIpc) is 2.48. The summed E-state index contributed by atoms with van der Waals surface area (Å²) in [7, 11) is 1.63. The first-order valence-corrected chi connectivity index (χ1v) is 7.23. The van der Waals surface area contributed by atoms with Crippen molar-refractivity contribution >= 4 is 17.3 Å². The van der Waals surface area contributed by atoms with Crippen molar-refractivity contribution in [3.05, 3.63) is 58.1 Å². The van der Waals surface area contributed by atoms with Gasteiger partial charge in [0.25, 0.3) is 0 Å². The fraction of sp³-hybridized carbons (Fsp3) is 0.294. The Balaban J connectivity index is 2.58. The largest absolute Gasteiger partial charge is 0.496 e. The van der Waals surface area contributed by atoms with E-state index in [0.29, 0.717) is 16.3 Å². The lowest BCUT2D eigenvalue weighted by Crippen LogP contribution is -2.09. The first kappa shape index (κ1) is 15.7. The summed E-state index contributed by atoms with van der Waals surface area (Å²) in [6, 6.07) is 10.8. The number of hydrogen-bond donors (Lipinski definition) is 2. The van der Waals surface area contributed by atoms with Gasteiger partial charge in [0.2, 0.25) is 0 Å². The molecule has 3 N–H and O–H groups in total. The molecule has 0 aromatic heterocycles. The molecule has 0 aliphatic carbocycles. The SMILES string of the molecule is COc1cccc(C(O)c2cc(Cl)ccc2N)c1C(C)C. The van der Waals surface area contributed by atoms with Gasteiger partial charge in [-0.2, -0.15) is 0 Å². The molecule has 2 aromatic carbocycles. The summed E-state index contributed by atoms with van der Waals surface area (Å²) in [5, 5.41) is 11.3. The van der Waals surface area contributed by atoms with Crippen molar-refractivity contribution in [2.45, 2.75) is 25.9 Å². The zero-order chi connectivity index (χ0) is 15.6. The van der Waals surface area contributed by atoms with Gasteiger partial charge >= 0.3 is 0 Å². The highest BCUT2D eigenvalue weighted by molar-refractivity contribution is 6.30. The average molecular weight is 306 g/mol. The van der Waals surface area contributed by atoms with Crippen molar-refractivity contribution in [3.8, 4) is 5.75 Å². The Morgan fingerprint density at radius 1 is 1.14 bits per heavy atom. The van der Waals surface area contributed by atoms with E-state index in [1.807, 2.05) is 18.2 Å². The normalized spacial score (nSPS) is 12.5. The minimum absolute atomic E-state index is 0.214. The molecule has 0 bridgehead atoms. The third kappa shape index (κ3) is 3.14. The van der Waals surface area contributed by atoms with Crippen LogP contribution in [-0.2, 0) is 0 Å². The second-order valence-corrected chi connectivity index (χ2v) is 5.73. The highest BCUT2D eigenvalue weighted by Gasteiger charge is 2.21. The topological polar surface area (TPSA) is 55.5 Å². The summed E-state index contributed by atoms with van der Waals surface area (Å²) in [5.74, 6) is 0.980. The number of aliphatic hydroxyl groups is 1. The van der Waals surface area contributed by atoms with Crippen molar-refractivity contribution in [2.75, 3.05) is 12.8 Å². The van der Waals surface area contributed by atoms with Crippen molar-refractivity contribution < 1.29 is 9.84 Å². The molecule has 0 saturated carbocycles. The van der Waals surface area contributed by atoms with Gasteiger partial charge in [-0.25, -0.2) is 0 Å². The number of halogens is 1. The van der Waals surface area contributed by atoms with Gasteiger partial charge in [0.05, 0.1) is 7.11 Å². The monoisotopic (exact) mass is 305 g/mol. The molecule has 0 aliphatic rings. The first-order chi connectivity index (χ1) is 9.95. The maximum Gasteiger partial charge on any atom is 0.122 e. The Labute approximate surface area is 130 Å². The summed E-state index contributed by atoms with van der Waals surface area (Å²) in [6.07, 6.45) is -0.837. The molecule has 0 saturated heterocycles. The van der Waals surface area contributed by atoms with E-state index in [0.717, 1.165) is 16.9 Å². The van der Waals surface area contributed by atoms with Crippen LogP contribution in [0.5, 0.6) is 5.75 Å². The highest BCUT2D eigenvalue weighted by atomic mass is 35.5. The van der Waals surface area contributed by atoms with E-state index in [9.17, 15) is 5.11 Å². The van der Waals surface area contributed by atoms with Gasteiger partial charge in [0.15, 0.2) is 0 Å². The number of rotatable bonds is 4. The smallest absolute Gasteiger partial charge is 0.122 e. The third-order valence-electron chi connectivity index (χ3n) is 3.54. The van der Waals surface area contributed by atoms with Crippen LogP contribution in [-0.4, -0.2) is 12.2 Å². The van der Waals surface area contributed by atoms with Crippen molar-refractivity contribution in [2.24, 2.45) is 0 Å². The molecule has 3 nitrogen and oxygen atoms in total. The van der Waals surface area contributed by atoms with Crippen LogP contribution in [0.15, 0.2) is 36.4 Å². The van der Waals surface area contributed by atoms with Gasteiger partial charge in [-0.1, -0.05) is 37.6 Å². The van der Waals surface area contributed by atoms with Crippen LogP contribution in [0.4, 0.5) is 5.69 Å². The molecule has 0 heterocycles. The molecular formula is C17H20ClNO2. The molecule has 0 radical (unpaired) electrons. The van der Waals surface area contributed by atoms with Crippen LogP contribution in [0.3, 0.4) is 0 Å². The molecule has 2 rings (SSSR count). The van der Waals surface area contributed by atoms with Crippen molar-refractivity contribution in [1.29, 1.82) is 0 Å². The van der Waals surface area contributed by atoms with Crippen LogP contribution in [0.2, 0.25) is 5.02 Å². The number of methoxy groups -OCH3 is 1. The number of benzene rings is 2. The second-order valence-electron chi connectivity index (χ2n) is 5.29. The minimum atomic E-state index is -0.837. The summed E-state index contributed by atoms with van der Waals surface area (Å²) in [5.41, 5.74) is 8.87. The molecule has 0 spiro atoms. The number of hydrogen-bond acceptors (Lipinski definition) is 3. The number of nitrogens with two attached hydrogens (primary N) is 1. The zero-order valence-corrected chi connectivity index (χ0v) is 13.2. The Kier molecular flexibility index (Phi) is 4.76. The van der Waals surface area contributed by atoms with Gasteiger partial charge in [-0.05, 0) is 35.7 Å². The summed E-state index contributed by atoms with van der Waals surface area (Å²) in [6.45, 7) is 4.13. The molecule has 21 heavy (non-hydrogen) atoms. The van der Waals surface area contributed by atoms with Gasteiger partial charge in [-0.15, -0.1) is 0 Å². The summed E-state index contributed by atoms with van der Waals surface area (Å²) >= 11 is 6.02. The minimum Gasteiger partial charge on any atom is -0.496 e. The lowest BCUT2D eigenvalue weighted by Gasteiger charge is -2.22. The van der Waals surface area contributed by atoms with E-state index in [-0.39, 0.29) is 5.92 Å². The van der Waals surface area contributed by atoms with Crippen LogP contribution < -0.4 is 10.5 Å². The molecule has 112 valence electrons. The van der Waals surface area contributed by atoms with E-state index < -0.39 is 6.10 Å². The highest BCUT2D eigenvalue weighted by Crippen LogP contribution is 2.37. The number of ether oxygens (including phenoxy) is 1. The first-order valence-electron chi connectivity index (χ1n) is 6.85. The third-order valence-corrected chi connectivity index (χ3v) is 3.77. The molecule has 0 amide bonds. The van der Waals surface area contributed by atoms with Gasteiger partial charge in [-0.3, -0.25) is 0 Å². The molecular weight excluding hydrogens is 286 g/mol. The van der Waals surface area contributed by atoms with Gasteiger partial charge < -0.3 is 15.6 Å². The van der Waals surface area contributed by atoms with E-state index in [1.165, 1.54) is 0 Å². The Morgan fingerprint density at radius 2 is 1.86 bits per heavy atom. The molecule has 1 atom stereocenters. The number of aliphatic hydroxyl groups excluding tert-OH is 1. The Morgan fingerprint density at radius 3 is 2.48 bits per heavy atom. The van der Waals surface area contributed by atoms with Crippen LogP contribution in [0.25, 0.3) is 0 Å². The second kappa shape index (κ2) is 6.37. The number of nitrogen functional groups attached to an aromatic ring is 1. The summed E-state index contributed by atoms with van der Waals surface area (Å²) in [4.78, 5) is 0. The fourth-order valence-electron chi connectivity index (χ4n) is 2.55. The quantitative estimate of drug-likeness (QED) is 0.835. The predicted molar refractivity (Wildman–Crippen MR) is 87.0 cm³/mol. The summed E-state index contributed by atoms with van der Waals surface area (Å²) < 4.78 is 5.42. The lowest BCUT2D eigenvalue weighted by atomic mass is 9.89. The molecule has 2 aromatic rings. The molecule has 0 fully saturated rings. The van der Waals surface area contributed by atoms with Crippen LogP contribution in [0, 0.1) is 0 Å². The maximum absolute atomic E-state index is 10.8.